The standard InChI is InChI=1S/C14H19FN2O/c15-13-5-3-4-12(10-13)11-16-7-6-14(18)17-8-1-2-9-17/h3-5,10,16H,1-2,6-9,11H2. The highest BCUT2D eigenvalue weighted by Gasteiger charge is 2.16. The second kappa shape index (κ2) is 6.50. The molecule has 18 heavy (non-hydrogen) atoms. The predicted molar refractivity (Wildman–Crippen MR) is 68.5 cm³/mol. The molecule has 0 atom stereocenters. The van der Waals surface area contributed by atoms with Crippen LogP contribution in [0.1, 0.15) is 24.8 Å². The number of amides is 1. The summed E-state index contributed by atoms with van der Waals surface area (Å²) in [5.74, 6) is 0.00156. The number of likely N-dealkylation sites (tertiary alicyclic amines) is 1. The summed E-state index contributed by atoms with van der Waals surface area (Å²) in [5.41, 5.74) is 0.906. The van der Waals surface area contributed by atoms with Gasteiger partial charge in [0.1, 0.15) is 5.82 Å². The SMILES string of the molecule is O=C(CCNCc1cccc(F)c1)N1CCCC1. The zero-order valence-corrected chi connectivity index (χ0v) is 10.5. The van der Waals surface area contributed by atoms with Gasteiger partial charge in [0, 0.05) is 32.6 Å². The average Bonchev–Trinajstić information content (AvgIpc) is 2.88. The van der Waals surface area contributed by atoms with E-state index < -0.39 is 0 Å². The molecule has 0 unspecified atom stereocenters. The van der Waals surface area contributed by atoms with E-state index in [0.717, 1.165) is 31.5 Å². The van der Waals surface area contributed by atoms with Gasteiger partial charge in [-0.1, -0.05) is 12.1 Å². The van der Waals surface area contributed by atoms with Gasteiger partial charge >= 0.3 is 0 Å². The number of hydrogen-bond donors (Lipinski definition) is 1. The van der Waals surface area contributed by atoms with Gasteiger partial charge in [-0.3, -0.25) is 4.79 Å². The molecule has 1 fully saturated rings. The molecule has 1 N–H and O–H groups in total. The fourth-order valence-corrected chi connectivity index (χ4v) is 2.20. The predicted octanol–water partition coefficient (Wildman–Crippen LogP) is 1.93. The summed E-state index contributed by atoms with van der Waals surface area (Å²) in [5, 5.41) is 3.17. The number of nitrogens with one attached hydrogen (secondary N) is 1. The largest absolute Gasteiger partial charge is 0.343 e. The number of hydrogen-bond acceptors (Lipinski definition) is 2. The first-order chi connectivity index (χ1) is 8.75. The van der Waals surface area contributed by atoms with E-state index in [1.807, 2.05) is 11.0 Å². The highest BCUT2D eigenvalue weighted by atomic mass is 19.1. The van der Waals surface area contributed by atoms with Gasteiger partial charge in [-0.05, 0) is 30.5 Å². The van der Waals surface area contributed by atoms with Gasteiger partial charge in [0.15, 0.2) is 0 Å². The van der Waals surface area contributed by atoms with Gasteiger partial charge in [0.25, 0.3) is 0 Å². The van der Waals surface area contributed by atoms with E-state index in [9.17, 15) is 9.18 Å². The number of nitrogens with zero attached hydrogens (tertiary/aromatic N) is 1. The van der Waals surface area contributed by atoms with E-state index in [0.29, 0.717) is 19.5 Å². The van der Waals surface area contributed by atoms with Crippen molar-refractivity contribution in [2.45, 2.75) is 25.8 Å². The average molecular weight is 250 g/mol. The van der Waals surface area contributed by atoms with Crippen molar-refractivity contribution in [3.63, 3.8) is 0 Å². The van der Waals surface area contributed by atoms with Crippen LogP contribution in [0.2, 0.25) is 0 Å². The monoisotopic (exact) mass is 250 g/mol. The van der Waals surface area contributed by atoms with Gasteiger partial charge in [-0.15, -0.1) is 0 Å². The van der Waals surface area contributed by atoms with Crippen LogP contribution in [-0.4, -0.2) is 30.4 Å². The lowest BCUT2D eigenvalue weighted by Gasteiger charge is -2.15. The first kappa shape index (κ1) is 13.0. The minimum absolute atomic E-state index is 0.220. The van der Waals surface area contributed by atoms with Gasteiger partial charge in [-0.2, -0.15) is 0 Å². The van der Waals surface area contributed by atoms with Crippen molar-refractivity contribution in [2.75, 3.05) is 19.6 Å². The summed E-state index contributed by atoms with van der Waals surface area (Å²) in [6.45, 7) is 3.06. The molecule has 1 aromatic rings. The first-order valence-corrected chi connectivity index (χ1v) is 6.48. The van der Waals surface area contributed by atoms with Crippen molar-refractivity contribution in [3.8, 4) is 0 Å². The topological polar surface area (TPSA) is 32.3 Å². The van der Waals surface area contributed by atoms with Crippen LogP contribution >= 0.6 is 0 Å². The molecule has 0 saturated carbocycles. The molecular formula is C14H19FN2O. The van der Waals surface area contributed by atoms with Crippen LogP contribution in [0.5, 0.6) is 0 Å². The zero-order chi connectivity index (χ0) is 12.8. The maximum atomic E-state index is 12.9. The molecule has 0 aliphatic carbocycles. The maximum Gasteiger partial charge on any atom is 0.223 e. The van der Waals surface area contributed by atoms with E-state index in [2.05, 4.69) is 5.32 Å². The Morgan fingerprint density at radius 2 is 2.11 bits per heavy atom. The molecule has 0 aromatic heterocycles. The van der Waals surface area contributed by atoms with E-state index in [1.165, 1.54) is 12.1 Å². The summed E-state index contributed by atoms with van der Waals surface area (Å²) >= 11 is 0. The fraction of sp³-hybridized carbons (Fsp3) is 0.500. The second-order valence-corrected chi connectivity index (χ2v) is 4.64. The molecule has 1 heterocycles. The molecule has 1 aromatic carbocycles. The van der Waals surface area contributed by atoms with Crippen LogP contribution in [0, 0.1) is 5.82 Å². The summed E-state index contributed by atoms with van der Waals surface area (Å²) in [6.07, 6.45) is 2.78. The molecule has 1 amide bonds. The van der Waals surface area contributed by atoms with Gasteiger partial charge in [-0.25, -0.2) is 4.39 Å². The highest BCUT2D eigenvalue weighted by molar-refractivity contribution is 5.76. The van der Waals surface area contributed by atoms with Gasteiger partial charge in [0.05, 0.1) is 0 Å². The Balaban J connectivity index is 1.65. The third kappa shape index (κ3) is 3.81. The van der Waals surface area contributed by atoms with Crippen molar-refractivity contribution in [1.82, 2.24) is 10.2 Å². The van der Waals surface area contributed by atoms with E-state index in [4.69, 9.17) is 0 Å². The molecule has 2 rings (SSSR count). The normalized spacial score (nSPS) is 15.1. The van der Waals surface area contributed by atoms with Crippen molar-refractivity contribution >= 4 is 5.91 Å². The third-order valence-electron chi connectivity index (χ3n) is 3.19. The molecule has 1 aliphatic heterocycles. The van der Waals surface area contributed by atoms with Crippen LogP contribution in [0.25, 0.3) is 0 Å². The quantitative estimate of drug-likeness (QED) is 0.810. The van der Waals surface area contributed by atoms with E-state index in [-0.39, 0.29) is 11.7 Å². The minimum atomic E-state index is -0.220. The van der Waals surface area contributed by atoms with E-state index in [1.54, 1.807) is 6.07 Å². The Morgan fingerprint density at radius 1 is 1.33 bits per heavy atom. The Labute approximate surface area is 107 Å². The van der Waals surface area contributed by atoms with Crippen LogP contribution in [0.4, 0.5) is 4.39 Å². The Morgan fingerprint density at radius 3 is 2.83 bits per heavy atom. The summed E-state index contributed by atoms with van der Waals surface area (Å²) in [4.78, 5) is 13.7. The van der Waals surface area contributed by atoms with E-state index >= 15 is 0 Å². The van der Waals surface area contributed by atoms with Gasteiger partial charge < -0.3 is 10.2 Å². The molecule has 98 valence electrons. The molecule has 1 aliphatic rings. The Bertz CT molecular complexity index is 403. The molecule has 3 nitrogen and oxygen atoms in total. The molecule has 0 spiro atoms. The minimum Gasteiger partial charge on any atom is -0.343 e. The molecule has 1 saturated heterocycles. The van der Waals surface area contributed by atoms with Crippen LogP contribution < -0.4 is 5.32 Å². The van der Waals surface area contributed by atoms with Crippen LogP contribution in [0.3, 0.4) is 0 Å². The highest BCUT2D eigenvalue weighted by Crippen LogP contribution is 2.08. The Kier molecular flexibility index (Phi) is 4.70. The van der Waals surface area contributed by atoms with Crippen LogP contribution in [0.15, 0.2) is 24.3 Å². The van der Waals surface area contributed by atoms with Crippen LogP contribution in [-0.2, 0) is 11.3 Å². The maximum absolute atomic E-state index is 12.9. The lowest BCUT2D eigenvalue weighted by molar-refractivity contribution is -0.130. The first-order valence-electron chi connectivity index (χ1n) is 6.48. The summed E-state index contributed by atoms with van der Waals surface area (Å²) in [7, 11) is 0. The molecule has 0 radical (unpaired) electrons. The molecular weight excluding hydrogens is 231 g/mol. The zero-order valence-electron chi connectivity index (χ0n) is 10.5. The lowest BCUT2D eigenvalue weighted by Crippen LogP contribution is -2.30. The summed E-state index contributed by atoms with van der Waals surface area (Å²) < 4.78 is 12.9. The van der Waals surface area contributed by atoms with Crippen molar-refractivity contribution in [2.24, 2.45) is 0 Å². The van der Waals surface area contributed by atoms with Crippen molar-refractivity contribution < 1.29 is 9.18 Å². The van der Waals surface area contributed by atoms with Gasteiger partial charge in [0.2, 0.25) is 5.91 Å². The molecule has 0 bridgehead atoms. The van der Waals surface area contributed by atoms with Crippen molar-refractivity contribution in [1.29, 1.82) is 0 Å². The number of carbonyl (C=O) groups is 1. The number of halogens is 1. The summed E-state index contributed by atoms with van der Waals surface area (Å²) in [6, 6.07) is 6.51. The smallest absolute Gasteiger partial charge is 0.223 e. The van der Waals surface area contributed by atoms with Crippen molar-refractivity contribution in [3.05, 3.63) is 35.6 Å². The third-order valence-corrected chi connectivity index (χ3v) is 3.19. The lowest BCUT2D eigenvalue weighted by atomic mass is 10.2. The molecule has 4 heteroatoms. The number of rotatable bonds is 5. The second-order valence-electron chi connectivity index (χ2n) is 4.64. The Hall–Kier alpha value is -1.42. The number of carbonyl (C=O) groups excluding carboxylic acids is 1. The fourth-order valence-electron chi connectivity index (χ4n) is 2.20. The number of benzene rings is 1.